The van der Waals surface area contributed by atoms with Gasteiger partial charge < -0.3 is 14.8 Å². The summed E-state index contributed by atoms with van der Waals surface area (Å²) in [6.45, 7) is 7.30. The molecular weight excluding hydrogens is 420 g/mol. The number of pyridine rings is 2. The van der Waals surface area contributed by atoms with Crippen LogP contribution in [0.25, 0.3) is 11.0 Å². The third kappa shape index (κ3) is 4.19. The number of aryl methyl sites for hydroxylation is 2. The summed E-state index contributed by atoms with van der Waals surface area (Å²) in [5, 5.41) is 16.3. The lowest BCUT2D eigenvalue weighted by atomic mass is 10.0. The molecule has 1 saturated heterocycles. The van der Waals surface area contributed by atoms with Gasteiger partial charge in [0.25, 0.3) is 5.56 Å². The van der Waals surface area contributed by atoms with Gasteiger partial charge in [0.05, 0.1) is 29.1 Å². The third-order valence-electron chi connectivity index (χ3n) is 6.38. The number of rotatable bonds is 4. The number of hydrogen-bond donors (Lipinski definition) is 1. The number of nitrogens with one attached hydrogen (secondary N) is 1. The summed E-state index contributed by atoms with van der Waals surface area (Å²) in [5.41, 5.74) is 2.88. The molecule has 4 heterocycles. The summed E-state index contributed by atoms with van der Waals surface area (Å²) in [5.74, 6) is -0.0881. The Balaban J connectivity index is 1.60. The van der Waals surface area contributed by atoms with Crippen molar-refractivity contribution in [2.45, 2.75) is 38.9 Å². The quantitative estimate of drug-likeness (QED) is 0.643. The molecule has 0 aromatic carbocycles. The monoisotopic (exact) mass is 448 g/mol. The fraction of sp³-hybridized carbons (Fsp3) is 0.435. The maximum Gasteiger partial charge on any atom is 0.252 e. The molecule has 1 fully saturated rings. The number of anilines is 2. The first kappa shape index (κ1) is 22.5. The van der Waals surface area contributed by atoms with Gasteiger partial charge in [-0.25, -0.2) is 4.98 Å². The van der Waals surface area contributed by atoms with Gasteiger partial charge in [-0.05, 0) is 32.9 Å². The summed E-state index contributed by atoms with van der Waals surface area (Å²) in [6, 6.07) is 6.80. The van der Waals surface area contributed by atoms with Crippen molar-refractivity contribution in [3.8, 4) is 6.07 Å². The predicted molar refractivity (Wildman–Crippen MR) is 126 cm³/mol. The lowest BCUT2D eigenvalue weighted by Gasteiger charge is -2.47. The topological polar surface area (TPSA) is 112 Å². The van der Waals surface area contributed by atoms with Gasteiger partial charge in [-0.3, -0.25) is 19.2 Å². The normalized spacial score (nSPS) is 19.9. The molecule has 3 atom stereocenters. The minimum Gasteiger partial charge on any atom is -0.364 e. The van der Waals surface area contributed by atoms with Crippen LogP contribution >= 0.6 is 0 Å². The number of carbonyl (C=O) groups excluding carboxylic acids is 1. The van der Waals surface area contributed by atoms with Gasteiger partial charge in [0.1, 0.15) is 17.3 Å². The Morgan fingerprint density at radius 3 is 2.67 bits per heavy atom. The van der Waals surface area contributed by atoms with E-state index in [2.05, 4.69) is 45.1 Å². The molecule has 3 aromatic heterocycles. The molecule has 1 aliphatic heterocycles. The van der Waals surface area contributed by atoms with Crippen LogP contribution < -0.4 is 15.8 Å². The van der Waals surface area contributed by atoms with E-state index in [-0.39, 0.29) is 29.6 Å². The lowest BCUT2D eigenvalue weighted by Crippen LogP contribution is -2.61. The highest BCUT2D eigenvalue weighted by Gasteiger charge is 2.35. The van der Waals surface area contributed by atoms with E-state index in [1.165, 1.54) is 0 Å². The van der Waals surface area contributed by atoms with Gasteiger partial charge in [0, 0.05) is 51.5 Å². The highest BCUT2D eigenvalue weighted by Crippen LogP contribution is 2.29. The number of aromatic nitrogens is 4. The highest BCUT2D eigenvalue weighted by molar-refractivity contribution is 5.94. The molecule has 0 aliphatic carbocycles. The van der Waals surface area contributed by atoms with Crippen molar-refractivity contribution in [1.29, 1.82) is 5.26 Å². The number of piperazine rings is 1. The van der Waals surface area contributed by atoms with Gasteiger partial charge in [-0.2, -0.15) is 10.4 Å². The predicted octanol–water partition coefficient (Wildman–Crippen LogP) is 1.46. The second-order valence-corrected chi connectivity index (χ2v) is 8.72. The Hall–Kier alpha value is -3.71. The fourth-order valence-corrected chi connectivity index (χ4v) is 4.50. The molecule has 0 saturated carbocycles. The molecule has 1 N–H and O–H groups in total. The van der Waals surface area contributed by atoms with Crippen LogP contribution in [0.1, 0.15) is 26.5 Å². The van der Waals surface area contributed by atoms with E-state index in [9.17, 15) is 14.9 Å². The van der Waals surface area contributed by atoms with Crippen LogP contribution in [0.4, 0.5) is 11.4 Å². The molecule has 0 radical (unpaired) electrons. The molecule has 4 rings (SSSR count). The molecule has 10 nitrogen and oxygen atoms in total. The number of nitrogens with zero attached hydrogens (tertiary/aromatic N) is 7. The summed E-state index contributed by atoms with van der Waals surface area (Å²) < 4.78 is 3.19. The molecule has 3 aromatic rings. The van der Waals surface area contributed by atoms with Crippen molar-refractivity contribution in [2.24, 2.45) is 14.1 Å². The SMILES string of the molecule is CC(C(=O)Nc1cnn(C)c1)N1C[C@H](C)N(c2cc(=O)n(C)c3ccc(C#N)nc23)C[C@H]1C. The van der Waals surface area contributed by atoms with Gasteiger partial charge in [-0.1, -0.05) is 0 Å². The Kier molecular flexibility index (Phi) is 5.91. The first-order chi connectivity index (χ1) is 15.7. The molecule has 10 heteroatoms. The standard InChI is InChI=1S/C23H28N8O2/c1-14-12-31(20-8-21(32)29(5)19-7-6-17(9-24)26-22(19)20)15(2)11-30(14)16(3)23(33)27-18-10-25-28(4)13-18/h6-8,10,13-16H,11-12H2,1-5H3,(H,27,33)/t14-,15+,16?/m1/s1. The summed E-state index contributed by atoms with van der Waals surface area (Å²) >= 11 is 0. The minimum absolute atomic E-state index is 0.0256. The first-order valence-corrected chi connectivity index (χ1v) is 10.9. The fourth-order valence-electron chi connectivity index (χ4n) is 4.50. The zero-order valence-corrected chi connectivity index (χ0v) is 19.5. The Morgan fingerprint density at radius 2 is 2.00 bits per heavy atom. The van der Waals surface area contributed by atoms with Crippen LogP contribution in [-0.4, -0.2) is 61.4 Å². The van der Waals surface area contributed by atoms with Crippen LogP contribution in [0.2, 0.25) is 0 Å². The van der Waals surface area contributed by atoms with Crippen molar-refractivity contribution in [3.63, 3.8) is 0 Å². The molecule has 1 unspecified atom stereocenters. The average Bonchev–Trinajstić information content (AvgIpc) is 3.21. The van der Waals surface area contributed by atoms with Gasteiger partial charge in [0.2, 0.25) is 5.91 Å². The molecular formula is C23H28N8O2. The smallest absolute Gasteiger partial charge is 0.252 e. The lowest BCUT2D eigenvalue weighted by molar-refractivity contribution is -0.121. The maximum atomic E-state index is 12.9. The summed E-state index contributed by atoms with van der Waals surface area (Å²) in [7, 11) is 3.51. The van der Waals surface area contributed by atoms with E-state index in [4.69, 9.17) is 0 Å². The molecule has 1 amide bonds. The van der Waals surface area contributed by atoms with Gasteiger partial charge >= 0.3 is 0 Å². The van der Waals surface area contributed by atoms with Crippen molar-refractivity contribution in [1.82, 2.24) is 24.2 Å². The van der Waals surface area contributed by atoms with Crippen LogP contribution in [0, 0.1) is 11.3 Å². The largest absolute Gasteiger partial charge is 0.364 e. The molecule has 33 heavy (non-hydrogen) atoms. The third-order valence-corrected chi connectivity index (χ3v) is 6.38. The van der Waals surface area contributed by atoms with Crippen LogP contribution in [0.5, 0.6) is 0 Å². The molecule has 172 valence electrons. The van der Waals surface area contributed by atoms with Crippen molar-refractivity contribution in [3.05, 3.63) is 46.6 Å². The summed E-state index contributed by atoms with van der Waals surface area (Å²) in [4.78, 5) is 34.4. The van der Waals surface area contributed by atoms with E-state index in [0.717, 1.165) is 5.69 Å². The Labute approximate surface area is 192 Å². The van der Waals surface area contributed by atoms with Gasteiger partial charge in [-0.15, -0.1) is 0 Å². The molecule has 0 spiro atoms. The highest BCUT2D eigenvalue weighted by atomic mass is 16.2. The number of carbonyl (C=O) groups is 1. The Morgan fingerprint density at radius 1 is 1.24 bits per heavy atom. The average molecular weight is 449 g/mol. The number of hydrogen-bond acceptors (Lipinski definition) is 7. The van der Waals surface area contributed by atoms with Crippen molar-refractivity contribution >= 4 is 28.3 Å². The van der Waals surface area contributed by atoms with Crippen molar-refractivity contribution < 1.29 is 4.79 Å². The van der Waals surface area contributed by atoms with E-state index in [0.29, 0.717) is 35.5 Å². The molecule has 1 aliphatic rings. The maximum absolute atomic E-state index is 12.9. The Bertz CT molecular complexity index is 1300. The van der Waals surface area contributed by atoms with Crippen LogP contribution in [0.3, 0.4) is 0 Å². The zero-order valence-electron chi connectivity index (χ0n) is 19.5. The van der Waals surface area contributed by atoms with E-state index in [1.54, 1.807) is 53.9 Å². The van der Waals surface area contributed by atoms with Gasteiger partial charge in [0.15, 0.2) is 0 Å². The van der Waals surface area contributed by atoms with Crippen LogP contribution in [0.15, 0.2) is 35.4 Å². The van der Waals surface area contributed by atoms with E-state index in [1.807, 2.05) is 6.92 Å². The van der Waals surface area contributed by atoms with Crippen LogP contribution in [-0.2, 0) is 18.9 Å². The second kappa shape index (κ2) is 8.67. The number of amides is 1. The first-order valence-electron chi connectivity index (χ1n) is 10.9. The number of nitriles is 1. The molecule has 0 bridgehead atoms. The minimum atomic E-state index is -0.339. The summed E-state index contributed by atoms with van der Waals surface area (Å²) in [6.07, 6.45) is 3.39. The van der Waals surface area contributed by atoms with E-state index >= 15 is 0 Å². The second-order valence-electron chi connectivity index (χ2n) is 8.72. The van der Waals surface area contributed by atoms with Crippen molar-refractivity contribution in [2.75, 3.05) is 23.3 Å². The van der Waals surface area contributed by atoms with E-state index < -0.39 is 0 Å². The number of fused-ring (bicyclic) bond motifs is 1. The zero-order chi connectivity index (χ0) is 23.9.